The van der Waals surface area contributed by atoms with E-state index in [2.05, 4.69) is 6.92 Å². The van der Waals surface area contributed by atoms with Gasteiger partial charge in [0.15, 0.2) is 5.78 Å². The number of carbonyl (C=O) groups excluding carboxylic acids is 2. The van der Waals surface area contributed by atoms with Crippen molar-refractivity contribution in [3.63, 3.8) is 0 Å². The summed E-state index contributed by atoms with van der Waals surface area (Å²) in [6, 6.07) is 11.8. The zero-order valence-electron chi connectivity index (χ0n) is 20.2. The topological polar surface area (TPSA) is 73.5 Å². The van der Waals surface area contributed by atoms with Crippen molar-refractivity contribution in [3.8, 4) is 11.4 Å². The van der Waals surface area contributed by atoms with Crippen LogP contribution in [0.3, 0.4) is 0 Å². The van der Waals surface area contributed by atoms with E-state index in [9.17, 15) is 14.4 Å². The van der Waals surface area contributed by atoms with E-state index < -0.39 is 0 Å². The first-order chi connectivity index (χ1) is 17.3. The van der Waals surface area contributed by atoms with Gasteiger partial charge in [-0.05, 0) is 67.1 Å². The number of Topliss-reactive ketones (excluding diaryl/α,β-unsaturated/α-hetero) is 1. The lowest BCUT2D eigenvalue weighted by molar-refractivity contribution is 0.0706. The molecule has 2 aliphatic rings. The summed E-state index contributed by atoms with van der Waals surface area (Å²) in [4.78, 5) is 42.2. The summed E-state index contributed by atoms with van der Waals surface area (Å²) in [6.45, 7) is 2.87. The van der Waals surface area contributed by atoms with Crippen LogP contribution < -0.4 is 10.4 Å². The molecule has 1 aromatic heterocycles. The van der Waals surface area contributed by atoms with Crippen LogP contribution in [0.15, 0.2) is 47.3 Å². The molecule has 0 saturated heterocycles. The lowest BCUT2D eigenvalue weighted by Gasteiger charge is -2.28. The molecule has 0 bridgehead atoms. The van der Waals surface area contributed by atoms with Crippen molar-refractivity contribution in [1.29, 1.82) is 0 Å². The molecule has 1 amide bonds. The first kappa shape index (κ1) is 24.7. The summed E-state index contributed by atoms with van der Waals surface area (Å²) in [6.07, 6.45) is 2.64. The van der Waals surface area contributed by atoms with Gasteiger partial charge in [0.25, 0.3) is 5.91 Å². The lowest BCUT2D eigenvalue weighted by atomic mass is 9.97. The summed E-state index contributed by atoms with van der Waals surface area (Å²) in [7, 11) is 1.58. The van der Waals surface area contributed by atoms with Gasteiger partial charge in [-0.25, -0.2) is 4.79 Å². The minimum atomic E-state index is -0.278. The number of nitrogens with zero attached hydrogens (tertiary/aromatic N) is 3. The Labute approximate surface area is 219 Å². The fraction of sp³-hybridized carbons (Fsp3) is 0.370. The molecule has 0 spiro atoms. The van der Waals surface area contributed by atoms with E-state index in [4.69, 9.17) is 27.9 Å². The Kier molecular flexibility index (Phi) is 6.70. The van der Waals surface area contributed by atoms with Gasteiger partial charge in [-0.15, -0.1) is 0 Å². The highest BCUT2D eigenvalue weighted by molar-refractivity contribution is 6.42. The molecule has 7 nitrogen and oxygen atoms in total. The number of amides is 1. The van der Waals surface area contributed by atoms with E-state index >= 15 is 0 Å². The third-order valence-corrected chi connectivity index (χ3v) is 7.90. The van der Waals surface area contributed by atoms with E-state index in [1.807, 2.05) is 0 Å². The van der Waals surface area contributed by atoms with E-state index in [-0.39, 0.29) is 29.8 Å². The highest BCUT2D eigenvalue weighted by Gasteiger charge is 2.35. The quantitative estimate of drug-likeness (QED) is 0.394. The number of rotatable bonds is 7. The van der Waals surface area contributed by atoms with Gasteiger partial charge in [-0.1, -0.05) is 30.1 Å². The van der Waals surface area contributed by atoms with Crippen LogP contribution in [0, 0.1) is 11.8 Å². The van der Waals surface area contributed by atoms with Crippen LogP contribution in [0.5, 0.6) is 5.75 Å². The Morgan fingerprint density at radius 2 is 1.78 bits per heavy atom. The van der Waals surface area contributed by atoms with Gasteiger partial charge in [0, 0.05) is 25.1 Å². The fourth-order valence-electron chi connectivity index (χ4n) is 4.92. The number of ether oxygens (including phenoxy) is 1. The summed E-state index contributed by atoms with van der Waals surface area (Å²) in [5.74, 6) is 1.14. The Hall–Kier alpha value is -3.03. The molecule has 188 valence electrons. The van der Waals surface area contributed by atoms with Crippen LogP contribution >= 0.6 is 23.2 Å². The second-order valence-electron chi connectivity index (χ2n) is 9.56. The number of fused-ring (bicyclic) bond motifs is 1. The largest absolute Gasteiger partial charge is 0.497 e. The van der Waals surface area contributed by atoms with Crippen LogP contribution in [0.1, 0.15) is 52.7 Å². The number of methoxy groups -OCH3 is 1. The molecule has 0 N–H and O–H groups in total. The van der Waals surface area contributed by atoms with Gasteiger partial charge in [-0.2, -0.15) is 0 Å². The third kappa shape index (κ3) is 4.58. The van der Waals surface area contributed by atoms with Crippen molar-refractivity contribution in [2.45, 2.75) is 39.3 Å². The minimum Gasteiger partial charge on any atom is -0.497 e. The molecule has 3 aromatic rings. The molecule has 1 saturated carbocycles. The number of ketones is 1. The van der Waals surface area contributed by atoms with Crippen molar-refractivity contribution in [2.24, 2.45) is 11.8 Å². The molecule has 2 aromatic carbocycles. The van der Waals surface area contributed by atoms with Gasteiger partial charge < -0.3 is 9.64 Å². The summed E-state index contributed by atoms with van der Waals surface area (Å²) >= 11 is 12.1. The van der Waals surface area contributed by atoms with Gasteiger partial charge in [0.05, 0.1) is 35.1 Å². The molecule has 5 rings (SSSR count). The van der Waals surface area contributed by atoms with Crippen LogP contribution in [0.4, 0.5) is 0 Å². The van der Waals surface area contributed by atoms with Crippen molar-refractivity contribution in [3.05, 3.63) is 79.9 Å². The highest BCUT2D eigenvalue weighted by Crippen LogP contribution is 2.39. The molecule has 1 aliphatic heterocycles. The summed E-state index contributed by atoms with van der Waals surface area (Å²) in [5, 5.41) is 0.668. The molecule has 1 fully saturated rings. The van der Waals surface area contributed by atoms with Crippen LogP contribution in [0.2, 0.25) is 10.0 Å². The average molecular weight is 528 g/mol. The highest BCUT2D eigenvalue weighted by atomic mass is 35.5. The standard InChI is InChI=1S/C27H27Cl2N3O4/c1-16(17-3-4-17)13-24(33)25-23-15-30(26(34)18-5-10-21(28)22(29)14-18)11-12-31(23)27(35)32(25)19-6-8-20(36-2)9-7-19/h5-10,14,16-17H,3-4,11-13,15H2,1-2H3/t16-/m1/s1. The molecule has 2 heterocycles. The zero-order chi connectivity index (χ0) is 25.6. The minimum absolute atomic E-state index is 0.0834. The molecule has 0 unspecified atom stereocenters. The Morgan fingerprint density at radius 3 is 2.42 bits per heavy atom. The van der Waals surface area contributed by atoms with Crippen molar-refractivity contribution in [2.75, 3.05) is 13.7 Å². The molecular formula is C27H27Cl2N3O4. The van der Waals surface area contributed by atoms with Crippen LogP contribution in [-0.2, 0) is 13.1 Å². The van der Waals surface area contributed by atoms with Gasteiger partial charge in [-0.3, -0.25) is 18.7 Å². The molecule has 0 radical (unpaired) electrons. The summed E-state index contributed by atoms with van der Waals surface area (Å²) in [5.41, 5.74) is 1.63. The average Bonchev–Trinajstić information content (AvgIpc) is 3.69. The smallest absolute Gasteiger partial charge is 0.333 e. The maximum atomic E-state index is 13.7. The molecule has 1 atom stereocenters. The van der Waals surface area contributed by atoms with Gasteiger partial charge in [0.2, 0.25) is 0 Å². The molecule has 1 aliphatic carbocycles. The third-order valence-electron chi connectivity index (χ3n) is 7.16. The van der Waals surface area contributed by atoms with E-state index in [0.29, 0.717) is 63.9 Å². The van der Waals surface area contributed by atoms with Gasteiger partial charge in [0.1, 0.15) is 11.4 Å². The first-order valence-electron chi connectivity index (χ1n) is 12.0. The Balaban J connectivity index is 1.55. The first-order valence-corrected chi connectivity index (χ1v) is 12.8. The van der Waals surface area contributed by atoms with E-state index in [1.54, 1.807) is 59.0 Å². The second kappa shape index (κ2) is 9.79. The predicted octanol–water partition coefficient (Wildman–Crippen LogP) is 5.23. The molecule has 36 heavy (non-hydrogen) atoms. The van der Waals surface area contributed by atoms with Gasteiger partial charge >= 0.3 is 5.69 Å². The SMILES string of the molecule is COc1ccc(-n2c(C(=O)C[C@@H](C)C3CC3)c3n(c2=O)CCN(C(=O)c2ccc(Cl)c(Cl)c2)C3)cc1. The fourth-order valence-corrected chi connectivity index (χ4v) is 5.22. The molecule has 9 heteroatoms. The van der Waals surface area contributed by atoms with Crippen molar-refractivity contribution < 1.29 is 14.3 Å². The van der Waals surface area contributed by atoms with Crippen LogP contribution in [0.25, 0.3) is 5.69 Å². The number of benzene rings is 2. The second-order valence-corrected chi connectivity index (χ2v) is 10.4. The number of hydrogen-bond donors (Lipinski definition) is 0. The zero-order valence-corrected chi connectivity index (χ0v) is 21.7. The number of carbonyl (C=O) groups is 2. The van der Waals surface area contributed by atoms with Crippen LogP contribution in [-0.4, -0.2) is 39.4 Å². The Morgan fingerprint density at radius 1 is 1.06 bits per heavy atom. The maximum Gasteiger partial charge on any atom is 0.333 e. The normalized spacial score (nSPS) is 15.9. The number of halogens is 2. The van der Waals surface area contributed by atoms with E-state index in [0.717, 1.165) is 12.8 Å². The number of hydrogen-bond acceptors (Lipinski definition) is 4. The number of imidazole rings is 1. The predicted molar refractivity (Wildman–Crippen MR) is 139 cm³/mol. The maximum absolute atomic E-state index is 13.7. The number of aromatic nitrogens is 2. The van der Waals surface area contributed by atoms with Crippen molar-refractivity contribution in [1.82, 2.24) is 14.0 Å². The lowest BCUT2D eigenvalue weighted by Crippen LogP contribution is -2.41. The van der Waals surface area contributed by atoms with E-state index in [1.165, 1.54) is 4.57 Å². The monoisotopic (exact) mass is 527 g/mol. The Bertz CT molecular complexity index is 1390. The molecular weight excluding hydrogens is 501 g/mol. The van der Waals surface area contributed by atoms with Crippen molar-refractivity contribution >= 4 is 34.9 Å². The summed E-state index contributed by atoms with van der Waals surface area (Å²) < 4.78 is 8.37.